The maximum absolute atomic E-state index is 12.1. The van der Waals surface area contributed by atoms with E-state index in [0.29, 0.717) is 22.5 Å². The Morgan fingerprint density at radius 3 is 2.00 bits per heavy atom. The van der Waals surface area contributed by atoms with Crippen molar-refractivity contribution in [2.45, 2.75) is 0 Å². The molecule has 0 N–H and O–H groups in total. The Morgan fingerprint density at radius 1 is 0.850 bits per heavy atom. The van der Waals surface area contributed by atoms with Crippen LogP contribution in [0.15, 0.2) is 73.1 Å². The third-order valence-corrected chi connectivity index (χ3v) is 3.10. The minimum atomic E-state index is 0.356. The summed E-state index contributed by atoms with van der Waals surface area (Å²) in [6, 6.07) is 18.4. The molecule has 0 saturated carbocycles. The first-order chi connectivity index (χ1) is 9.77. The van der Waals surface area contributed by atoms with Gasteiger partial charge < -0.3 is 9.94 Å². The van der Waals surface area contributed by atoms with Crippen LogP contribution in [0.25, 0.3) is 22.5 Å². The second-order valence-corrected chi connectivity index (χ2v) is 4.38. The van der Waals surface area contributed by atoms with Crippen LogP contribution in [0.5, 0.6) is 0 Å². The Balaban J connectivity index is 2.35. The van der Waals surface area contributed by atoms with E-state index >= 15 is 0 Å². The van der Waals surface area contributed by atoms with Crippen LogP contribution in [-0.4, -0.2) is 4.73 Å². The van der Waals surface area contributed by atoms with E-state index in [1.54, 1.807) is 0 Å². The van der Waals surface area contributed by atoms with Gasteiger partial charge in [0.05, 0.1) is 16.2 Å². The van der Waals surface area contributed by atoms with Gasteiger partial charge in [0.2, 0.25) is 6.20 Å². The SMILES string of the molecule is O=[n+]1ccn([O-])c(-c2ccccc2)c1-c1ccccc1. The van der Waals surface area contributed by atoms with E-state index in [2.05, 4.69) is 0 Å². The highest BCUT2D eigenvalue weighted by Gasteiger charge is 2.20. The highest BCUT2D eigenvalue weighted by molar-refractivity contribution is 5.76. The first kappa shape index (κ1) is 12.2. The van der Waals surface area contributed by atoms with Crippen molar-refractivity contribution < 1.29 is 4.43 Å². The maximum Gasteiger partial charge on any atom is 0.293 e. The van der Waals surface area contributed by atoms with Gasteiger partial charge in [-0.05, 0) is 12.1 Å². The summed E-state index contributed by atoms with van der Waals surface area (Å²) >= 11 is 0. The fourth-order valence-electron chi connectivity index (χ4n) is 2.20. The highest BCUT2D eigenvalue weighted by Crippen LogP contribution is 2.27. The smallest absolute Gasteiger partial charge is 0.293 e. The van der Waals surface area contributed by atoms with Crippen LogP contribution in [0.1, 0.15) is 0 Å². The van der Waals surface area contributed by atoms with E-state index in [4.69, 9.17) is 0 Å². The van der Waals surface area contributed by atoms with E-state index < -0.39 is 0 Å². The molecule has 20 heavy (non-hydrogen) atoms. The summed E-state index contributed by atoms with van der Waals surface area (Å²) in [5.74, 6) is 0. The number of benzene rings is 2. The number of nitrogens with zero attached hydrogens (tertiary/aromatic N) is 2. The molecule has 0 aliphatic carbocycles. The highest BCUT2D eigenvalue weighted by atomic mass is 16.5. The molecule has 0 atom stereocenters. The van der Waals surface area contributed by atoms with Gasteiger partial charge in [-0.3, -0.25) is 0 Å². The van der Waals surface area contributed by atoms with Gasteiger partial charge in [-0.25, -0.2) is 0 Å². The van der Waals surface area contributed by atoms with Gasteiger partial charge in [0.1, 0.15) is 5.69 Å². The lowest BCUT2D eigenvalue weighted by atomic mass is 10.0. The zero-order valence-corrected chi connectivity index (χ0v) is 10.6. The van der Waals surface area contributed by atoms with Crippen LogP contribution in [0.4, 0.5) is 0 Å². The van der Waals surface area contributed by atoms with Crippen molar-refractivity contribution in [2.75, 3.05) is 0 Å². The Bertz CT molecular complexity index is 781. The summed E-state index contributed by atoms with van der Waals surface area (Å²) in [5, 5.41) is 12.1. The Hall–Kier alpha value is -2.88. The number of hydrogen-bond donors (Lipinski definition) is 0. The standard InChI is InChI=1S/C16H12N2O2/c19-17-11-12-18(20)16(14-9-5-2-6-10-14)15(17)13-7-3-1-4-8-13/h1-12H. The molecular formula is C16H12N2O2. The van der Waals surface area contributed by atoms with Gasteiger partial charge in [0.25, 0.3) is 5.69 Å². The van der Waals surface area contributed by atoms with E-state index in [9.17, 15) is 10.1 Å². The summed E-state index contributed by atoms with van der Waals surface area (Å²) in [7, 11) is 0. The monoisotopic (exact) mass is 264 g/mol. The van der Waals surface area contributed by atoms with Crippen LogP contribution in [0.2, 0.25) is 0 Å². The lowest BCUT2D eigenvalue weighted by Crippen LogP contribution is -2.20. The van der Waals surface area contributed by atoms with Crippen molar-refractivity contribution in [1.29, 1.82) is 0 Å². The van der Waals surface area contributed by atoms with Crippen LogP contribution in [0, 0.1) is 10.1 Å². The van der Waals surface area contributed by atoms with E-state index in [-0.39, 0.29) is 0 Å². The molecule has 1 aromatic heterocycles. The molecule has 0 spiro atoms. The van der Waals surface area contributed by atoms with Crippen LogP contribution >= 0.6 is 0 Å². The molecule has 0 radical (unpaired) electrons. The molecule has 0 amide bonds. The minimum Gasteiger partial charge on any atom is -0.805 e. The topological polar surface area (TPSA) is 51.0 Å². The zero-order valence-electron chi connectivity index (χ0n) is 10.6. The molecule has 0 bridgehead atoms. The molecule has 0 fully saturated rings. The molecule has 4 heteroatoms. The van der Waals surface area contributed by atoms with Gasteiger partial charge >= 0.3 is 0 Å². The van der Waals surface area contributed by atoms with Crippen molar-refractivity contribution >= 4 is 0 Å². The summed E-state index contributed by atoms with van der Waals surface area (Å²) < 4.78 is 1.46. The van der Waals surface area contributed by atoms with Crippen molar-refractivity contribution in [3.63, 3.8) is 0 Å². The number of rotatable bonds is 2. The molecule has 1 heterocycles. The molecule has 3 rings (SSSR count). The van der Waals surface area contributed by atoms with E-state index in [1.807, 2.05) is 60.7 Å². The molecule has 3 aromatic rings. The zero-order chi connectivity index (χ0) is 13.9. The molecule has 0 saturated heterocycles. The van der Waals surface area contributed by atoms with Crippen molar-refractivity contribution in [2.24, 2.45) is 0 Å². The molecule has 0 unspecified atom stereocenters. The predicted molar refractivity (Wildman–Crippen MR) is 77.4 cm³/mol. The van der Waals surface area contributed by atoms with Crippen LogP contribution in [0.3, 0.4) is 0 Å². The van der Waals surface area contributed by atoms with Gasteiger partial charge in [-0.1, -0.05) is 48.5 Å². The normalized spacial score (nSPS) is 10.4. The first-order valence-electron chi connectivity index (χ1n) is 6.23. The quantitative estimate of drug-likeness (QED) is 0.668. The average molecular weight is 264 g/mol. The lowest BCUT2D eigenvalue weighted by Gasteiger charge is -2.16. The van der Waals surface area contributed by atoms with Crippen molar-refractivity contribution in [1.82, 2.24) is 4.73 Å². The van der Waals surface area contributed by atoms with Gasteiger partial charge in [0, 0.05) is 10.5 Å². The van der Waals surface area contributed by atoms with Gasteiger partial charge in [-0.2, -0.15) is 0 Å². The van der Waals surface area contributed by atoms with Crippen molar-refractivity contribution in [3.05, 3.63) is 83.2 Å². The molecule has 0 aliphatic rings. The Morgan fingerprint density at radius 2 is 1.40 bits per heavy atom. The number of aromatic nitrogens is 2. The fraction of sp³-hybridized carbons (Fsp3) is 0. The average Bonchev–Trinajstić information content (AvgIpc) is 2.51. The Kier molecular flexibility index (Phi) is 3.05. The molecule has 98 valence electrons. The predicted octanol–water partition coefficient (Wildman–Crippen LogP) is 3.08. The van der Waals surface area contributed by atoms with E-state index in [1.165, 1.54) is 12.4 Å². The molecular weight excluding hydrogens is 252 g/mol. The Labute approximate surface area is 115 Å². The third kappa shape index (κ3) is 2.07. The molecule has 0 aliphatic heterocycles. The lowest BCUT2D eigenvalue weighted by molar-refractivity contribution is -0.482. The second kappa shape index (κ2) is 5.01. The summed E-state index contributed by atoms with van der Waals surface area (Å²) in [4.78, 5) is 12.1. The molecule has 4 nitrogen and oxygen atoms in total. The largest absolute Gasteiger partial charge is 0.805 e. The number of hydrogen-bond acceptors (Lipinski definition) is 2. The minimum absolute atomic E-state index is 0.356. The van der Waals surface area contributed by atoms with Gasteiger partial charge in [-0.15, -0.1) is 0 Å². The summed E-state index contributed by atoms with van der Waals surface area (Å²) in [5.41, 5.74) is 2.14. The molecule has 2 aromatic carbocycles. The van der Waals surface area contributed by atoms with E-state index in [0.717, 1.165) is 9.16 Å². The van der Waals surface area contributed by atoms with Gasteiger partial charge in [0.15, 0.2) is 0 Å². The van der Waals surface area contributed by atoms with Crippen LogP contribution in [-0.2, 0) is 0 Å². The third-order valence-electron chi connectivity index (χ3n) is 3.10. The second-order valence-electron chi connectivity index (χ2n) is 4.38. The summed E-state index contributed by atoms with van der Waals surface area (Å²) in [6.07, 6.45) is 2.45. The fourth-order valence-corrected chi connectivity index (χ4v) is 2.20. The summed E-state index contributed by atoms with van der Waals surface area (Å²) in [6.45, 7) is 0. The maximum atomic E-state index is 12.1. The van der Waals surface area contributed by atoms with Crippen LogP contribution < -0.4 is 4.43 Å². The van der Waals surface area contributed by atoms with Crippen molar-refractivity contribution in [3.8, 4) is 22.5 Å². The first-order valence-corrected chi connectivity index (χ1v) is 6.23.